The van der Waals surface area contributed by atoms with Crippen molar-refractivity contribution < 1.29 is 0 Å². The third kappa shape index (κ3) is 2.72. The third-order valence-corrected chi connectivity index (χ3v) is 3.54. The molecule has 1 unspecified atom stereocenters. The number of hydrogen-bond donors (Lipinski definition) is 1. The zero-order chi connectivity index (χ0) is 8.16. The highest BCUT2D eigenvalue weighted by atomic mass is 32.2. The predicted octanol–water partition coefficient (Wildman–Crippen LogP) is 1.39. The van der Waals surface area contributed by atoms with Gasteiger partial charge in [-0.15, -0.1) is 0 Å². The van der Waals surface area contributed by atoms with Gasteiger partial charge in [-0.05, 0) is 25.5 Å². The van der Waals surface area contributed by atoms with Crippen molar-refractivity contribution in [2.45, 2.75) is 24.5 Å². The van der Waals surface area contributed by atoms with Gasteiger partial charge < -0.3 is 5.32 Å². The van der Waals surface area contributed by atoms with Gasteiger partial charge in [0, 0.05) is 11.3 Å². The third-order valence-electron chi connectivity index (χ3n) is 2.00. The number of rotatable bonds is 3. The Hall–Kier alpha value is -0.200. The molecular weight excluding hydrogens is 156 g/mol. The molecule has 0 aromatic carbocycles. The maximum Gasteiger partial charge on any atom is 0.0841 e. The highest BCUT2D eigenvalue weighted by Gasteiger charge is 2.28. The Kier molecular flexibility index (Phi) is 3.22. The number of nitrogens with one attached hydrogen (secondary N) is 1. The van der Waals surface area contributed by atoms with Gasteiger partial charge in [-0.3, -0.25) is 0 Å². The fourth-order valence-corrected chi connectivity index (χ4v) is 2.63. The van der Waals surface area contributed by atoms with Gasteiger partial charge in [0.2, 0.25) is 0 Å². The Bertz CT molecular complexity index is 156. The fraction of sp³-hybridized carbons (Fsp3) is 0.875. The molecule has 1 fully saturated rings. The van der Waals surface area contributed by atoms with Crippen LogP contribution in [0.25, 0.3) is 0 Å². The van der Waals surface area contributed by atoms with Crippen LogP contribution in [0.2, 0.25) is 0 Å². The summed E-state index contributed by atoms with van der Waals surface area (Å²) in [6.45, 7) is 3.73. The molecule has 0 aliphatic carbocycles. The lowest BCUT2D eigenvalue weighted by Crippen LogP contribution is -2.32. The summed E-state index contributed by atoms with van der Waals surface area (Å²) >= 11 is 2.02. The molecule has 1 aliphatic rings. The van der Waals surface area contributed by atoms with Crippen LogP contribution in [-0.4, -0.2) is 23.6 Å². The summed E-state index contributed by atoms with van der Waals surface area (Å²) in [4.78, 5) is 0. The van der Waals surface area contributed by atoms with Crippen LogP contribution in [0.3, 0.4) is 0 Å². The average Bonchev–Trinajstić information content (AvgIpc) is 2.38. The first-order valence-electron chi connectivity index (χ1n) is 3.98. The standard InChI is InChI=1S/C8H14N2S/c1-8(3-2-6-11-8)7-10-5-4-9/h10H,2-3,5-7H2,1H3. The van der Waals surface area contributed by atoms with Gasteiger partial charge in [0.1, 0.15) is 0 Å². The number of thioether (sulfide) groups is 1. The van der Waals surface area contributed by atoms with E-state index in [-0.39, 0.29) is 0 Å². The minimum Gasteiger partial charge on any atom is -0.303 e. The molecule has 62 valence electrons. The van der Waals surface area contributed by atoms with Gasteiger partial charge in [0.25, 0.3) is 0 Å². The van der Waals surface area contributed by atoms with Crippen LogP contribution in [0.15, 0.2) is 0 Å². The molecule has 1 aliphatic heterocycles. The summed E-state index contributed by atoms with van der Waals surface area (Å²) < 4.78 is 0.400. The van der Waals surface area contributed by atoms with Gasteiger partial charge in [-0.1, -0.05) is 0 Å². The van der Waals surface area contributed by atoms with Gasteiger partial charge in [0.05, 0.1) is 12.6 Å². The molecule has 0 amide bonds. The van der Waals surface area contributed by atoms with E-state index in [0.717, 1.165) is 6.54 Å². The highest BCUT2D eigenvalue weighted by molar-refractivity contribution is 8.00. The normalized spacial score (nSPS) is 30.2. The minimum absolute atomic E-state index is 0.400. The zero-order valence-corrected chi connectivity index (χ0v) is 7.71. The van der Waals surface area contributed by atoms with Crippen molar-refractivity contribution >= 4 is 11.8 Å². The summed E-state index contributed by atoms with van der Waals surface area (Å²) in [5, 5.41) is 11.4. The van der Waals surface area contributed by atoms with E-state index in [9.17, 15) is 0 Å². The molecule has 0 bridgehead atoms. The Balaban J connectivity index is 2.19. The summed E-state index contributed by atoms with van der Waals surface area (Å²) in [5.41, 5.74) is 0. The van der Waals surface area contributed by atoms with Crippen molar-refractivity contribution in [1.29, 1.82) is 5.26 Å². The van der Waals surface area contributed by atoms with Crippen LogP contribution in [-0.2, 0) is 0 Å². The maximum atomic E-state index is 8.30. The summed E-state index contributed by atoms with van der Waals surface area (Å²) in [7, 11) is 0. The van der Waals surface area contributed by atoms with Crippen molar-refractivity contribution in [2.24, 2.45) is 0 Å². The molecule has 0 aromatic rings. The Morgan fingerprint density at radius 3 is 3.09 bits per heavy atom. The maximum absolute atomic E-state index is 8.30. The second-order valence-corrected chi connectivity index (χ2v) is 4.85. The first kappa shape index (κ1) is 8.89. The molecule has 3 heteroatoms. The molecule has 0 saturated carbocycles. The zero-order valence-electron chi connectivity index (χ0n) is 6.89. The molecule has 1 atom stereocenters. The van der Waals surface area contributed by atoms with E-state index in [2.05, 4.69) is 18.3 Å². The Morgan fingerprint density at radius 2 is 2.55 bits per heavy atom. The van der Waals surface area contributed by atoms with Crippen LogP contribution in [0.4, 0.5) is 0 Å². The van der Waals surface area contributed by atoms with E-state index >= 15 is 0 Å². The lowest BCUT2D eigenvalue weighted by Gasteiger charge is -2.21. The summed E-state index contributed by atoms with van der Waals surface area (Å²) in [6.07, 6.45) is 2.62. The monoisotopic (exact) mass is 170 g/mol. The largest absolute Gasteiger partial charge is 0.303 e. The molecule has 0 spiro atoms. The lowest BCUT2D eigenvalue weighted by molar-refractivity contribution is 0.558. The highest BCUT2D eigenvalue weighted by Crippen LogP contribution is 2.36. The van der Waals surface area contributed by atoms with Crippen LogP contribution in [0.1, 0.15) is 19.8 Å². The van der Waals surface area contributed by atoms with E-state index < -0.39 is 0 Å². The molecule has 1 rings (SSSR count). The Labute approximate surface area is 72.4 Å². The molecule has 2 nitrogen and oxygen atoms in total. The molecular formula is C8H14N2S. The van der Waals surface area contributed by atoms with E-state index in [1.54, 1.807) is 0 Å². The van der Waals surface area contributed by atoms with E-state index in [1.165, 1.54) is 18.6 Å². The summed E-state index contributed by atoms with van der Waals surface area (Å²) in [5.74, 6) is 1.28. The quantitative estimate of drug-likeness (QED) is 0.513. The van der Waals surface area contributed by atoms with Crippen molar-refractivity contribution in [3.05, 3.63) is 0 Å². The van der Waals surface area contributed by atoms with Crippen LogP contribution < -0.4 is 5.32 Å². The van der Waals surface area contributed by atoms with E-state index in [0.29, 0.717) is 11.3 Å². The molecule has 11 heavy (non-hydrogen) atoms. The van der Waals surface area contributed by atoms with Gasteiger partial charge in [0.15, 0.2) is 0 Å². The first-order valence-corrected chi connectivity index (χ1v) is 4.97. The average molecular weight is 170 g/mol. The second kappa shape index (κ2) is 3.99. The lowest BCUT2D eigenvalue weighted by atomic mass is 10.1. The van der Waals surface area contributed by atoms with Crippen LogP contribution in [0.5, 0.6) is 0 Å². The molecule has 0 radical (unpaired) electrons. The second-order valence-electron chi connectivity index (χ2n) is 3.16. The molecule has 1 N–H and O–H groups in total. The smallest absolute Gasteiger partial charge is 0.0841 e. The van der Waals surface area contributed by atoms with Gasteiger partial charge in [-0.2, -0.15) is 17.0 Å². The Morgan fingerprint density at radius 1 is 1.73 bits per heavy atom. The molecule has 0 aromatic heterocycles. The van der Waals surface area contributed by atoms with Crippen LogP contribution >= 0.6 is 11.8 Å². The van der Waals surface area contributed by atoms with Crippen molar-refractivity contribution in [1.82, 2.24) is 5.32 Å². The molecule has 1 saturated heterocycles. The van der Waals surface area contributed by atoms with Gasteiger partial charge in [-0.25, -0.2) is 0 Å². The van der Waals surface area contributed by atoms with Gasteiger partial charge >= 0.3 is 0 Å². The minimum atomic E-state index is 0.400. The van der Waals surface area contributed by atoms with Crippen molar-refractivity contribution in [3.8, 4) is 6.07 Å². The van der Waals surface area contributed by atoms with E-state index in [1.807, 2.05) is 11.8 Å². The number of nitriles is 1. The topological polar surface area (TPSA) is 35.8 Å². The predicted molar refractivity (Wildman–Crippen MR) is 48.6 cm³/mol. The SMILES string of the molecule is CC1(CNCC#N)CCCS1. The number of nitrogens with zero attached hydrogens (tertiary/aromatic N) is 1. The van der Waals surface area contributed by atoms with E-state index in [4.69, 9.17) is 5.26 Å². The fourth-order valence-electron chi connectivity index (χ4n) is 1.36. The van der Waals surface area contributed by atoms with Crippen molar-refractivity contribution in [3.63, 3.8) is 0 Å². The molecule has 1 heterocycles. The van der Waals surface area contributed by atoms with Crippen LogP contribution in [0, 0.1) is 11.3 Å². The summed E-state index contributed by atoms with van der Waals surface area (Å²) in [6, 6.07) is 2.09. The number of hydrogen-bond acceptors (Lipinski definition) is 3. The van der Waals surface area contributed by atoms with Crippen molar-refractivity contribution in [2.75, 3.05) is 18.8 Å². The first-order chi connectivity index (χ1) is 5.27.